The zero-order valence-corrected chi connectivity index (χ0v) is 16.3. The molecule has 0 aliphatic heterocycles. The highest BCUT2D eigenvalue weighted by atomic mass is 127. The van der Waals surface area contributed by atoms with Crippen molar-refractivity contribution in [3.8, 4) is 0 Å². The lowest BCUT2D eigenvalue weighted by Gasteiger charge is -2.36. The first kappa shape index (κ1) is 18.0. The SMILES string of the molecule is CC(C)(C)CC(C)(C)n1cc(C(=O)O)c(=O)c2ccc(I)cc21. The fourth-order valence-corrected chi connectivity index (χ4v) is 3.81. The Balaban J connectivity index is 2.86. The van der Waals surface area contributed by atoms with Crippen molar-refractivity contribution >= 4 is 39.5 Å². The Morgan fingerprint density at radius 3 is 2.35 bits per heavy atom. The fraction of sp³-hybridized carbons (Fsp3) is 0.444. The monoisotopic (exact) mass is 427 g/mol. The van der Waals surface area contributed by atoms with E-state index in [4.69, 9.17) is 0 Å². The van der Waals surface area contributed by atoms with E-state index in [9.17, 15) is 14.7 Å². The number of hydrogen-bond acceptors (Lipinski definition) is 2. The number of aromatic nitrogens is 1. The van der Waals surface area contributed by atoms with Gasteiger partial charge in [-0.15, -0.1) is 0 Å². The van der Waals surface area contributed by atoms with Crippen LogP contribution in [0.5, 0.6) is 0 Å². The van der Waals surface area contributed by atoms with Crippen LogP contribution in [0.2, 0.25) is 0 Å². The summed E-state index contributed by atoms with van der Waals surface area (Å²) in [6, 6.07) is 5.49. The Kier molecular flexibility index (Phi) is 4.63. The molecule has 0 unspecified atom stereocenters. The highest BCUT2D eigenvalue weighted by Crippen LogP contribution is 2.34. The van der Waals surface area contributed by atoms with Gasteiger partial charge in [0.2, 0.25) is 5.43 Å². The van der Waals surface area contributed by atoms with Crippen LogP contribution in [0.4, 0.5) is 0 Å². The summed E-state index contributed by atoms with van der Waals surface area (Å²) in [4.78, 5) is 23.9. The highest BCUT2D eigenvalue weighted by Gasteiger charge is 2.29. The second-order valence-corrected chi connectivity index (χ2v) is 9.00. The molecule has 1 heterocycles. The first-order valence-corrected chi connectivity index (χ1v) is 8.59. The molecule has 0 bridgehead atoms. The molecule has 5 heteroatoms. The number of carbonyl (C=O) groups is 1. The van der Waals surface area contributed by atoms with E-state index < -0.39 is 11.4 Å². The van der Waals surface area contributed by atoms with Gasteiger partial charge in [-0.05, 0) is 66.5 Å². The van der Waals surface area contributed by atoms with E-state index in [0.717, 1.165) is 15.5 Å². The minimum absolute atomic E-state index is 0.0737. The standard InChI is InChI=1S/C18H22INO3/c1-17(2,3)10-18(4,5)20-9-13(16(22)23)15(21)12-7-6-11(19)8-14(12)20/h6-9H,10H2,1-5H3,(H,22,23). The molecule has 0 fully saturated rings. The average molecular weight is 427 g/mol. The number of halogens is 1. The van der Waals surface area contributed by atoms with Crippen molar-refractivity contribution in [3.05, 3.63) is 43.8 Å². The normalized spacial score (nSPS) is 12.6. The predicted octanol–water partition coefficient (Wildman–Crippen LogP) is 4.48. The second-order valence-electron chi connectivity index (χ2n) is 7.76. The molecule has 0 saturated carbocycles. The van der Waals surface area contributed by atoms with Gasteiger partial charge in [-0.1, -0.05) is 20.8 Å². The van der Waals surface area contributed by atoms with Gasteiger partial charge in [-0.25, -0.2) is 4.79 Å². The molecular weight excluding hydrogens is 405 g/mol. The van der Waals surface area contributed by atoms with E-state index >= 15 is 0 Å². The molecule has 0 saturated heterocycles. The van der Waals surface area contributed by atoms with Crippen LogP contribution < -0.4 is 5.43 Å². The number of pyridine rings is 1. The molecule has 0 radical (unpaired) electrons. The lowest BCUT2D eigenvalue weighted by Crippen LogP contribution is -2.34. The number of rotatable bonds is 3. The molecular formula is C18H22INO3. The summed E-state index contributed by atoms with van der Waals surface area (Å²) in [5.74, 6) is -1.18. The number of nitrogens with zero attached hydrogens (tertiary/aromatic N) is 1. The molecule has 124 valence electrons. The predicted molar refractivity (Wildman–Crippen MR) is 101 cm³/mol. The Morgan fingerprint density at radius 1 is 1.22 bits per heavy atom. The maximum absolute atomic E-state index is 12.4. The fourth-order valence-electron chi connectivity index (χ4n) is 3.33. The van der Waals surface area contributed by atoms with Crippen LogP contribution in [0.25, 0.3) is 10.9 Å². The lowest BCUT2D eigenvalue weighted by molar-refractivity contribution is 0.0694. The number of hydrogen-bond donors (Lipinski definition) is 1. The molecule has 1 N–H and O–H groups in total. The number of aromatic carboxylic acids is 1. The van der Waals surface area contributed by atoms with Gasteiger partial charge in [0.15, 0.2) is 0 Å². The zero-order chi connectivity index (χ0) is 17.6. The summed E-state index contributed by atoms with van der Waals surface area (Å²) in [6.45, 7) is 10.6. The number of benzene rings is 1. The molecule has 23 heavy (non-hydrogen) atoms. The first-order chi connectivity index (χ1) is 10.4. The first-order valence-electron chi connectivity index (χ1n) is 7.51. The summed E-state index contributed by atoms with van der Waals surface area (Å²) < 4.78 is 2.96. The van der Waals surface area contributed by atoms with Gasteiger partial charge >= 0.3 is 5.97 Å². The van der Waals surface area contributed by atoms with Gasteiger partial charge in [0.25, 0.3) is 0 Å². The molecule has 0 aliphatic carbocycles. The van der Waals surface area contributed by atoms with Crippen molar-refractivity contribution in [2.45, 2.75) is 46.6 Å². The number of carboxylic acids is 1. The van der Waals surface area contributed by atoms with Gasteiger partial charge in [-0.3, -0.25) is 4.79 Å². The zero-order valence-electron chi connectivity index (χ0n) is 14.1. The van der Waals surface area contributed by atoms with Gasteiger partial charge in [0, 0.05) is 20.7 Å². The molecule has 1 aromatic heterocycles. The summed E-state index contributed by atoms with van der Waals surface area (Å²) in [5.41, 5.74) is -0.0723. The van der Waals surface area contributed by atoms with E-state index in [1.165, 1.54) is 6.20 Å². The van der Waals surface area contributed by atoms with E-state index in [2.05, 4.69) is 57.2 Å². The third kappa shape index (κ3) is 3.76. The highest BCUT2D eigenvalue weighted by molar-refractivity contribution is 14.1. The molecule has 0 aliphatic rings. The van der Waals surface area contributed by atoms with Crippen molar-refractivity contribution in [2.24, 2.45) is 5.41 Å². The topological polar surface area (TPSA) is 59.3 Å². The molecule has 0 amide bonds. The average Bonchev–Trinajstić information content (AvgIpc) is 2.35. The molecule has 2 aromatic rings. The summed E-state index contributed by atoms with van der Waals surface area (Å²) in [6.07, 6.45) is 2.34. The van der Waals surface area contributed by atoms with Gasteiger partial charge < -0.3 is 9.67 Å². The van der Waals surface area contributed by atoms with Crippen molar-refractivity contribution in [1.82, 2.24) is 4.57 Å². The largest absolute Gasteiger partial charge is 0.477 e. The van der Waals surface area contributed by atoms with Crippen LogP contribution >= 0.6 is 22.6 Å². The van der Waals surface area contributed by atoms with Crippen LogP contribution in [-0.2, 0) is 5.54 Å². The Morgan fingerprint density at radius 2 is 1.83 bits per heavy atom. The van der Waals surface area contributed by atoms with Crippen LogP contribution in [0.3, 0.4) is 0 Å². The minimum atomic E-state index is -1.18. The van der Waals surface area contributed by atoms with Gasteiger partial charge in [0.1, 0.15) is 5.56 Å². The molecule has 1 aromatic carbocycles. The summed E-state index contributed by atoms with van der Waals surface area (Å²) >= 11 is 2.20. The lowest BCUT2D eigenvalue weighted by atomic mass is 9.81. The van der Waals surface area contributed by atoms with Crippen LogP contribution in [0.1, 0.15) is 51.4 Å². The molecule has 4 nitrogen and oxygen atoms in total. The summed E-state index contributed by atoms with van der Waals surface area (Å²) in [5, 5.41) is 9.84. The van der Waals surface area contributed by atoms with Crippen LogP contribution in [0, 0.1) is 8.99 Å². The second kappa shape index (κ2) is 5.92. The Hall–Kier alpha value is -1.37. The van der Waals surface area contributed by atoms with Crippen LogP contribution in [-0.4, -0.2) is 15.6 Å². The smallest absolute Gasteiger partial charge is 0.341 e. The molecule has 2 rings (SSSR count). The van der Waals surface area contributed by atoms with E-state index in [-0.39, 0.29) is 16.5 Å². The van der Waals surface area contributed by atoms with E-state index in [1.54, 1.807) is 6.07 Å². The molecule has 0 spiro atoms. The minimum Gasteiger partial charge on any atom is -0.477 e. The van der Waals surface area contributed by atoms with Crippen molar-refractivity contribution in [1.29, 1.82) is 0 Å². The van der Waals surface area contributed by atoms with E-state index in [0.29, 0.717) is 5.39 Å². The van der Waals surface area contributed by atoms with Gasteiger partial charge in [0.05, 0.1) is 5.52 Å². The van der Waals surface area contributed by atoms with E-state index in [1.807, 2.05) is 16.7 Å². The molecule has 0 atom stereocenters. The summed E-state index contributed by atoms with van der Waals surface area (Å²) in [7, 11) is 0. The maximum atomic E-state index is 12.4. The Labute approximate surface area is 149 Å². The Bertz CT molecular complexity index is 829. The van der Waals surface area contributed by atoms with Gasteiger partial charge in [-0.2, -0.15) is 0 Å². The quantitative estimate of drug-likeness (QED) is 0.736. The van der Waals surface area contributed by atoms with Crippen molar-refractivity contribution < 1.29 is 9.90 Å². The maximum Gasteiger partial charge on any atom is 0.341 e. The number of carboxylic acid groups (broad SMARTS) is 1. The third-order valence-electron chi connectivity index (χ3n) is 3.81. The number of fused-ring (bicyclic) bond motifs is 1. The van der Waals surface area contributed by atoms with Crippen LogP contribution in [0.15, 0.2) is 29.2 Å². The van der Waals surface area contributed by atoms with Crippen molar-refractivity contribution in [2.75, 3.05) is 0 Å². The van der Waals surface area contributed by atoms with Crippen molar-refractivity contribution in [3.63, 3.8) is 0 Å². The third-order valence-corrected chi connectivity index (χ3v) is 4.48.